The molecule has 1 aliphatic carbocycles. The van der Waals surface area contributed by atoms with Gasteiger partial charge in [-0.25, -0.2) is 0 Å². The van der Waals surface area contributed by atoms with Crippen molar-refractivity contribution in [2.75, 3.05) is 0 Å². The van der Waals surface area contributed by atoms with E-state index < -0.39 is 11.5 Å². The van der Waals surface area contributed by atoms with Gasteiger partial charge in [0.05, 0.1) is 5.52 Å². The highest BCUT2D eigenvalue weighted by Crippen LogP contribution is 2.34. The SMILES string of the molecule is CC(C)(C)C(=O)n1cc2c3c(cccc31)C(=O)C(N=[N+]=[N-])C2. The number of Topliss-reactive ketones (excluding diaryl/α,β-unsaturated/α-hetero) is 1. The topological polar surface area (TPSA) is 87.8 Å². The molecule has 6 heteroatoms. The van der Waals surface area contributed by atoms with Gasteiger partial charge in [-0.05, 0) is 23.6 Å². The molecule has 0 fully saturated rings. The van der Waals surface area contributed by atoms with Gasteiger partial charge in [0.15, 0.2) is 5.78 Å². The van der Waals surface area contributed by atoms with Crippen LogP contribution < -0.4 is 0 Å². The number of hydrogen-bond acceptors (Lipinski definition) is 3. The largest absolute Gasteiger partial charge is 0.294 e. The van der Waals surface area contributed by atoms with E-state index >= 15 is 0 Å². The molecule has 1 aromatic heterocycles. The molecule has 0 N–H and O–H groups in total. The van der Waals surface area contributed by atoms with Crippen LogP contribution in [0, 0.1) is 5.41 Å². The van der Waals surface area contributed by atoms with E-state index in [0.29, 0.717) is 12.0 Å². The second kappa shape index (κ2) is 4.71. The highest BCUT2D eigenvalue weighted by Gasteiger charge is 2.32. The summed E-state index contributed by atoms with van der Waals surface area (Å²) in [6.07, 6.45) is 2.11. The van der Waals surface area contributed by atoms with Crippen LogP contribution in [0.1, 0.15) is 41.5 Å². The van der Waals surface area contributed by atoms with E-state index in [4.69, 9.17) is 5.53 Å². The van der Waals surface area contributed by atoms with E-state index in [1.54, 1.807) is 22.9 Å². The van der Waals surface area contributed by atoms with Crippen molar-refractivity contribution in [3.8, 4) is 0 Å². The van der Waals surface area contributed by atoms with E-state index in [-0.39, 0.29) is 11.7 Å². The molecule has 1 atom stereocenters. The monoisotopic (exact) mass is 296 g/mol. The molecule has 0 amide bonds. The van der Waals surface area contributed by atoms with Crippen LogP contribution in [0.3, 0.4) is 0 Å². The van der Waals surface area contributed by atoms with Gasteiger partial charge in [0.25, 0.3) is 0 Å². The Kier molecular flexibility index (Phi) is 3.07. The lowest BCUT2D eigenvalue weighted by atomic mass is 9.89. The van der Waals surface area contributed by atoms with E-state index in [2.05, 4.69) is 10.0 Å². The Morgan fingerprint density at radius 1 is 1.41 bits per heavy atom. The van der Waals surface area contributed by atoms with Crippen molar-refractivity contribution >= 4 is 22.6 Å². The van der Waals surface area contributed by atoms with Crippen molar-refractivity contribution in [3.63, 3.8) is 0 Å². The van der Waals surface area contributed by atoms with Crippen molar-refractivity contribution in [2.24, 2.45) is 10.5 Å². The van der Waals surface area contributed by atoms with Crippen molar-refractivity contribution in [3.05, 3.63) is 46.0 Å². The minimum Gasteiger partial charge on any atom is -0.294 e. The summed E-state index contributed by atoms with van der Waals surface area (Å²) in [5.41, 5.74) is 10.2. The first-order valence-corrected chi connectivity index (χ1v) is 7.11. The predicted molar refractivity (Wildman–Crippen MR) is 83.0 cm³/mol. The van der Waals surface area contributed by atoms with Crippen molar-refractivity contribution in [2.45, 2.75) is 33.2 Å². The van der Waals surface area contributed by atoms with Gasteiger partial charge in [-0.3, -0.25) is 14.2 Å². The molecule has 0 radical (unpaired) electrons. The molecule has 2 aromatic rings. The Labute approximate surface area is 127 Å². The summed E-state index contributed by atoms with van der Waals surface area (Å²) < 4.78 is 1.61. The van der Waals surface area contributed by atoms with Crippen LogP contribution in [0.25, 0.3) is 21.3 Å². The Bertz CT molecular complexity index is 851. The summed E-state index contributed by atoms with van der Waals surface area (Å²) in [5.74, 6) is -0.215. The van der Waals surface area contributed by atoms with Crippen molar-refractivity contribution < 1.29 is 9.59 Å². The molecular formula is C16H16N4O2. The molecule has 1 unspecified atom stereocenters. The molecular weight excluding hydrogens is 280 g/mol. The number of benzene rings is 1. The second-order valence-electron chi connectivity index (χ2n) is 6.57. The van der Waals surface area contributed by atoms with E-state index in [9.17, 15) is 9.59 Å². The van der Waals surface area contributed by atoms with Crippen LogP contribution >= 0.6 is 0 Å². The van der Waals surface area contributed by atoms with Crippen molar-refractivity contribution in [1.82, 2.24) is 4.57 Å². The van der Waals surface area contributed by atoms with Crippen LogP contribution in [0.4, 0.5) is 0 Å². The van der Waals surface area contributed by atoms with Crippen LogP contribution in [0.5, 0.6) is 0 Å². The minimum absolute atomic E-state index is 0.0319. The molecule has 0 bridgehead atoms. The summed E-state index contributed by atoms with van der Waals surface area (Å²) in [5, 5.41) is 4.39. The lowest BCUT2D eigenvalue weighted by Gasteiger charge is -2.18. The molecule has 1 heterocycles. The lowest BCUT2D eigenvalue weighted by molar-refractivity contribution is 0.0772. The summed E-state index contributed by atoms with van der Waals surface area (Å²) in [6, 6.07) is 4.58. The maximum absolute atomic E-state index is 12.6. The Hall–Kier alpha value is -2.59. The zero-order chi connectivity index (χ0) is 16.1. The maximum atomic E-state index is 12.6. The third-order valence-electron chi connectivity index (χ3n) is 3.94. The molecule has 6 nitrogen and oxygen atoms in total. The number of carbonyl (C=O) groups excluding carboxylic acids is 2. The average molecular weight is 296 g/mol. The summed E-state index contributed by atoms with van der Waals surface area (Å²) in [7, 11) is 0. The first kappa shape index (κ1) is 14.4. The zero-order valence-electron chi connectivity index (χ0n) is 12.7. The first-order chi connectivity index (χ1) is 10.3. The fraction of sp³-hybridized carbons (Fsp3) is 0.375. The van der Waals surface area contributed by atoms with Gasteiger partial charge in [-0.1, -0.05) is 38.0 Å². The normalized spacial score (nSPS) is 17.4. The summed E-state index contributed by atoms with van der Waals surface area (Å²) in [4.78, 5) is 27.8. The van der Waals surface area contributed by atoms with Crippen LogP contribution in [0.2, 0.25) is 0 Å². The third kappa shape index (κ3) is 2.00. The molecule has 0 saturated heterocycles. The Morgan fingerprint density at radius 2 is 2.14 bits per heavy atom. The number of rotatable bonds is 1. The molecule has 0 spiro atoms. The number of aromatic nitrogens is 1. The van der Waals surface area contributed by atoms with Gasteiger partial charge >= 0.3 is 0 Å². The second-order valence-corrected chi connectivity index (χ2v) is 6.57. The van der Waals surface area contributed by atoms with Gasteiger partial charge in [0, 0.05) is 27.5 Å². The van der Waals surface area contributed by atoms with Crippen LogP contribution in [0.15, 0.2) is 29.5 Å². The third-order valence-corrected chi connectivity index (χ3v) is 3.94. The van der Waals surface area contributed by atoms with Gasteiger partial charge in [0.2, 0.25) is 5.91 Å². The molecule has 1 aromatic carbocycles. The number of azide groups is 1. The van der Waals surface area contributed by atoms with Gasteiger partial charge in [0.1, 0.15) is 6.04 Å². The lowest BCUT2D eigenvalue weighted by Crippen LogP contribution is -2.26. The molecule has 3 rings (SSSR count). The molecule has 0 saturated carbocycles. The standard InChI is InChI=1S/C16H16N4O2/c1-16(2,3)15(22)20-8-9-7-11(18-19-17)14(21)10-5-4-6-12(20)13(9)10/h4-6,8,11H,7H2,1-3H3. The van der Waals surface area contributed by atoms with E-state index in [1.165, 1.54) is 0 Å². The number of hydrogen-bond donors (Lipinski definition) is 0. The first-order valence-electron chi connectivity index (χ1n) is 7.11. The average Bonchev–Trinajstić information content (AvgIpc) is 2.82. The smallest absolute Gasteiger partial charge is 0.236 e. The summed E-state index contributed by atoms with van der Waals surface area (Å²) >= 11 is 0. The van der Waals surface area contributed by atoms with Crippen LogP contribution in [-0.4, -0.2) is 22.3 Å². The molecule has 112 valence electrons. The Morgan fingerprint density at radius 3 is 2.77 bits per heavy atom. The predicted octanol–water partition coefficient (Wildman–Crippen LogP) is 3.75. The minimum atomic E-state index is -0.733. The van der Waals surface area contributed by atoms with Gasteiger partial charge < -0.3 is 0 Å². The summed E-state index contributed by atoms with van der Waals surface area (Å²) in [6.45, 7) is 5.58. The Balaban J connectivity index is 2.26. The quantitative estimate of drug-likeness (QED) is 0.456. The van der Waals surface area contributed by atoms with E-state index in [1.807, 2.05) is 26.8 Å². The molecule has 1 aliphatic rings. The number of ketones is 1. The molecule has 22 heavy (non-hydrogen) atoms. The zero-order valence-corrected chi connectivity index (χ0v) is 12.7. The van der Waals surface area contributed by atoms with Crippen LogP contribution in [-0.2, 0) is 6.42 Å². The van der Waals surface area contributed by atoms with Crippen molar-refractivity contribution in [1.29, 1.82) is 0 Å². The van der Waals surface area contributed by atoms with E-state index in [0.717, 1.165) is 16.5 Å². The molecule has 0 aliphatic heterocycles. The van der Waals surface area contributed by atoms with Gasteiger partial charge in [-0.15, -0.1) is 0 Å². The fourth-order valence-corrected chi connectivity index (χ4v) is 2.89. The number of nitrogens with zero attached hydrogens (tertiary/aromatic N) is 4. The fourth-order valence-electron chi connectivity index (χ4n) is 2.89. The highest BCUT2D eigenvalue weighted by atomic mass is 16.2. The van der Waals surface area contributed by atoms with Gasteiger partial charge in [-0.2, -0.15) is 0 Å². The highest BCUT2D eigenvalue weighted by molar-refractivity contribution is 6.14. The number of carbonyl (C=O) groups is 2. The maximum Gasteiger partial charge on any atom is 0.236 e.